The van der Waals surface area contributed by atoms with Crippen LogP contribution < -0.4 is 9.86 Å². The third kappa shape index (κ3) is 4.11. The molecule has 0 saturated carbocycles. The number of hydrogen-bond donors (Lipinski definition) is 2. The summed E-state index contributed by atoms with van der Waals surface area (Å²) in [5.74, 6) is -3.03. The number of rotatable bonds is 5. The molecule has 1 aromatic rings. The Balaban J connectivity index is 3.26. The molecule has 0 aliphatic heterocycles. The van der Waals surface area contributed by atoms with Crippen molar-refractivity contribution in [3.63, 3.8) is 0 Å². The lowest BCUT2D eigenvalue weighted by Gasteiger charge is -2.10. The molecule has 6 nitrogen and oxygen atoms in total. The zero-order chi connectivity index (χ0) is 14.8. The summed E-state index contributed by atoms with van der Waals surface area (Å²) in [7, 11) is -8.16. The van der Waals surface area contributed by atoms with Crippen LogP contribution in [0.2, 0.25) is 0 Å². The Hall–Kier alpha value is -1.26. The van der Waals surface area contributed by atoms with Gasteiger partial charge in [0.25, 0.3) is 0 Å². The van der Waals surface area contributed by atoms with E-state index in [-0.39, 0.29) is 12.2 Å². The Bertz CT molecular complexity index is 663. The van der Waals surface area contributed by atoms with Crippen molar-refractivity contribution in [2.75, 3.05) is 10.5 Å². The van der Waals surface area contributed by atoms with Gasteiger partial charge >= 0.3 is 0 Å². The molecule has 0 fully saturated rings. The Morgan fingerprint density at radius 1 is 1.16 bits per heavy atom. The van der Waals surface area contributed by atoms with E-state index < -0.39 is 42.3 Å². The fourth-order valence-electron chi connectivity index (χ4n) is 1.29. The van der Waals surface area contributed by atoms with Gasteiger partial charge in [0.1, 0.15) is 5.69 Å². The molecule has 0 aliphatic carbocycles. The van der Waals surface area contributed by atoms with Crippen LogP contribution in [-0.2, 0) is 20.0 Å². The molecule has 0 bridgehead atoms. The fourth-order valence-corrected chi connectivity index (χ4v) is 2.97. The van der Waals surface area contributed by atoms with E-state index in [4.69, 9.17) is 5.14 Å². The first-order valence-corrected chi connectivity index (χ1v) is 8.29. The molecule has 19 heavy (non-hydrogen) atoms. The van der Waals surface area contributed by atoms with Gasteiger partial charge in [0.05, 0.1) is 10.6 Å². The van der Waals surface area contributed by atoms with Gasteiger partial charge in [-0.3, -0.25) is 4.72 Å². The van der Waals surface area contributed by atoms with Crippen LogP contribution in [0.4, 0.5) is 14.5 Å². The van der Waals surface area contributed by atoms with Gasteiger partial charge in [-0.05, 0) is 18.6 Å². The maximum absolute atomic E-state index is 13.5. The quantitative estimate of drug-likeness (QED) is 0.837. The van der Waals surface area contributed by atoms with Gasteiger partial charge < -0.3 is 0 Å². The molecule has 0 aromatic heterocycles. The smallest absolute Gasteiger partial charge is 0.238 e. The number of hydrogen-bond acceptors (Lipinski definition) is 4. The maximum Gasteiger partial charge on any atom is 0.238 e. The average Bonchev–Trinajstić information content (AvgIpc) is 2.21. The molecule has 0 atom stereocenters. The Labute approximate surface area is 109 Å². The maximum atomic E-state index is 13.5. The topological polar surface area (TPSA) is 106 Å². The molecule has 1 aromatic carbocycles. The molecule has 0 radical (unpaired) electrons. The van der Waals surface area contributed by atoms with Crippen LogP contribution in [-0.4, -0.2) is 22.6 Å². The summed E-state index contributed by atoms with van der Waals surface area (Å²) in [4.78, 5) is -0.777. The molecule has 0 unspecified atom stereocenters. The second-order valence-electron chi connectivity index (χ2n) is 3.73. The van der Waals surface area contributed by atoms with Crippen molar-refractivity contribution in [3.8, 4) is 0 Å². The second-order valence-corrected chi connectivity index (χ2v) is 7.13. The van der Waals surface area contributed by atoms with Crippen LogP contribution in [0.25, 0.3) is 0 Å². The fraction of sp³-hybridized carbons (Fsp3) is 0.333. The normalized spacial score (nSPS) is 12.4. The van der Waals surface area contributed by atoms with E-state index in [0.717, 1.165) is 0 Å². The largest absolute Gasteiger partial charge is 0.278 e. The molecular weight excluding hydrogens is 302 g/mol. The molecule has 10 heteroatoms. The predicted molar refractivity (Wildman–Crippen MR) is 65.4 cm³/mol. The lowest BCUT2D eigenvalue weighted by atomic mass is 10.3. The first kappa shape index (κ1) is 15.8. The van der Waals surface area contributed by atoms with E-state index in [1.807, 2.05) is 0 Å². The van der Waals surface area contributed by atoms with Crippen LogP contribution in [0, 0.1) is 11.6 Å². The van der Waals surface area contributed by atoms with Crippen molar-refractivity contribution in [2.45, 2.75) is 18.2 Å². The van der Waals surface area contributed by atoms with E-state index in [1.54, 1.807) is 11.6 Å². The number of anilines is 1. The van der Waals surface area contributed by atoms with Crippen LogP contribution in [0.1, 0.15) is 13.3 Å². The van der Waals surface area contributed by atoms with Crippen molar-refractivity contribution in [1.29, 1.82) is 0 Å². The lowest BCUT2D eigenvalue weighted by molar-refractivity contribution is 0.570. The number of nitrogens with two attached hydrogens (primary N) is 1. The lowest BCUT2D eigenvalue weighted by Crippen LogP contribution is -2.19. The number of primary sulfonamides is 1. The summed E-state index contributed by atoms with van der Waals surface area (Å²) in [5, 5.41) is 4.72. The van der Waals surface area contributed by atoms with E-state index in [2.05, 4.69) is 0 Å². The highest BCUT2D eigenvalue weighted by molar-refractivity contribution is 7.92. The molecule has 0 aliphatic rings. The summed E-state index contributed by atoms with van der Waals surface area (Å²) in [6.07, 6.45) is 0.258. The van der Waals surface area contributed by atoms with Gasteiger partial charge in [0, 0.05) is 0 Å². The minimum absolute atomic E-state index is 0.258. The zero-order valence-corrected chi connectivity index (χ0v) is 11.5. The van der Waals surface area contributed by atoms with Gasteiger partial charge in [-0.15, -0.1) is 0 Å². The summed E-state index contributed by atoms with van der Waals surface area (Å²) < 4.78 is 73.5. The summed E-state index contributed by atoms with van der Waals surface area (Å²) >= 11 is 0. The van der Waals surface area contributed by atoms with E-state index in [9.17, 15) is 25.6 Å². The summed E-state index contributed by atoms with van der Waals surface area (Å²) in [5.41, 5.74) is -0.930. The first-order chi connectivity index (χ1) is 8.57. The van der Waals surface area contributed by atoms with Crippen molar-refractivity contribution in [2.24, 2.45) is 5.14 Å². The Kier molecular flexibility index (Phi) is 4.48. The molecule has 0 spiro atoms. The van der Waals surface area contributed by atoms with Crippen LogP contribution in [0.5, 0.6) is 0 Å². The summed E-state index contributed by atoms with van der Waals surface area (Å²) in [6, 6.07) is 0.893. The van der Waals surface area contributed by atoms with Gasteiger partial charge in [0.2, 0.25) is 20.0 Å². The van der Waals surface area contributed by atoms with Crippen molar-refractivity contribution < 1.29 is 25.6 Å². The highest BCUT2D eigenvalue weighted by atomic mass is 32.2. The number of nitrogens with one attached hydrogen (secondary N) is 1. The van der Waals surface area contributed by atoms with Gasteiger partial charge in [-0.2, -0.15) is 0 Å². The van der Waals surface area contributed by atoms with Gasteiger partial charge in [-0.25, -0.2) is 30.8 Å². The SMILES string of the molecule is CCCS(=O)(=O)Nc1c(F)cc(S(N)(=O)=O)cc1F. The van der Waals surface area contributed by atoms with Crippen LogP contribution >= 0.6 is 0 Å². The minimum atomic E-state index is -4.28. The van der Waals surface area contributed by atoms with Crippen LogP contribution in [0.15, 0.2) is 17.0 Å². The third-order valence-corrected chi connectivity index (χ3v) is 4.43. The number of halogens is 2. The van der Waals surface area contributed by atoms with Crippen molar-refractivity contribution in [3.05, 3.63) is 23.8 Å². The van der Waals surface area contributed by atoms with E-state index in [0.29, 0.717) is 12.1 Å². The van der Waals surface area contributed by atoms with Crippen molar-refractivity contribution >= 4 is 25.7 Å². The van der Waals surface area contributed by atoms with Gasteiger partial charge in [0.15, 0.2) is 11.6 Å². The third-order valence-electron chi connectivity index (χ3n) is 2.07. The highest BCUT2D eigenvalue weighted by Gasteiger charge is 2.20. The van der Waals surface area contributed by atoms with Gasteiger partial charge in [-0.1, -0.05) is 6.92 Å². The Morgan fingerprint density at radius 2 is 1.63 bits per heavy atom. The first-order valence-electron chi connectivity index (χ1n) is 5.09. The zero-order valence-electron chi connectivity index (χ0n) is 9.85. The van der Waals surface area contributed by atoms with Crippen LogP contribution in [0.3, 0.4) is 0 Å². The van der Waals surface area contributed by atoms with E-state index in [1.165, 1.54) is 0 Å². The Morgan fingerprint density at radius 3 is 2.00 bits per heavy atom. The molecular formula is C9H12F2N2O4S2. The average molecular weight is 314 g/mol. The second kappa shape index (κ2) is 5.39. The molecule has 3 N–H and O–H groups in total. The molecule has 0 heterocycles. The molecule has 108 valence electrons. The van der Waals surface area contributed by atoms with Crippen molar-refractivity contribution in [1.82, 2.24) is 0 Å². The highest BCUT2D eigenvalue weighted by Crippen LogP contribution is 2.23. The molecule has 0 saturated heterocycles. The number of benzene rings is 1. The predicted octanol–water partition coefficient (Wildman–Crippen LogP) is 0.764. The molecule has 0 amide bonds. The monoisotopic (exact) mass is 314 g/mol. The summed E-state index contributed by atoms with van der Waals surface area (Å²) in [6.45, 7) is 1.58. The standard InChI is InChI=1S/C9H12F2N2O4S2/c1-2-3-18(14,15)13-9-7(10)4-6(5-8(9)11)19(12,16)17/h4-5,13H,2-3H2,1H3,(H2,12,16,17). The molecule has 1 rings (SSSR count). The number of sulfonamides is 2. The minimum Gasteiger partial charge on any atom is -0.278 e. The van der Waals surface area contributed by atoms with E-state index >= 15 is 0 Å².